The lowest BCUT2D eigenvalue weighted by Crippen LogP contribution is -2.52. The number of rotatable bonds is 3. The zero-order chi connectivity index (χ0) is 12.3. The van der Waals surface area contributed by atoms with Gasteiger partial charge in [-0.2, -0.15) is 0 Å². The summed E-state index contributed by atoms with van der Waals surface area (Å²) < 4.78 is 12.0. The van der Waals surface area contributed by atoms with Crippen LogP contribution in [0.1, 0.15) is 46.5 Å². The van der Waals surface area contributed by atoms with Crippen molar-refractivity contribution in [2.24, 2.45) is 5.92 Å². The zero-order valence-electron chi connectivity index (χ0n) is 11.5. The molecule has 2 fully saturated rings. The highest BCUT2D eigenvalue weighted by atomic mass is 16.5. The van der Waals surface area contributed by atoms with Gasteiger partial charge in [-0.15, -0.1) is 0 Å². The quantitative estimate of drug-likeness (QED) is 0.822. The minimum absolute atomic E-state index is 0.0955. The second-order valence-electron chi connectivity index (χ2n) is 5.89. The van der Waals surface area contributed by atoms with E-state index in [1.807, 2.05) is 0 Å². The summed E-state index contributed by atoms with van der Waals surface area (Å²) >= 11 is 0. The summed E-state index contributed by atoms with van der Waals surface area (Å²) in [5.74, 6) is 0.593. The van der Waals surface area contributed by atoms with E-state index in [0.717, 1.165) is 45.4 Å². The Kier molecular flexibility index (Phi) is 4.45. The Morgan fingerprint density at radius 3 is 2.82 bits per heavy atom. The molecule has 1 N–H and O–H groups in total. The molecule has 2 aliphatic heterocycles. The van der Waals surface area contributed by atoms with Crippen LogP contribution in [0.2, 0.25) is 0 Å². The minimum atomic E-state index is 0.0955. The Labute approximate surface area is 105 Å². The SMILES string of the molecule is CCNC1CCOC2(CCOC(C(C)C)C2)C1. The average Bonchev–Trinajstić information content (AvgIpc) is 2.29. The van der Waals surface area contributed by atoms with Crippen LogP contribution >= 0.6 is 0 Å². The fourth-order valence-corrected chi connectivity index (χ4v) is 3.16. The van der Waals surface area contributed by atoms with Crippen molar-refractivity contribution in [2.45, 2.75) is 64.2 Å². The molecule has 3 heteroatoms. The van der Waals surface area contributed by atoms with Crippen LogP contribution < -0.4 is 5.32 Å². The Bertz CT molecular complexity index is 238. The topological polar surface area (TPSA) is 30.5 Å². The summed E-state index contributed by atoms with van der Waals surface area (Å²) in [5, 5.41) is 3.58. The predicted octanol–water partition coefficient (Wildman–Crippen LogP) is 2.35. The maximum absolute atomic E-state index is 6.14. The first kappa shape index (κ1) is 13.3. The molecule has 3 atom stereocenters. The smallest absolute Gasteiger partial charge is 0.0744 e. The molecule has 0 aromatic heterocycles. The van der Waals surface area contributed by atoms with E-state index in [0.29, 0.717) is 18.1 Å². The highest BCUT2D eigenvalue weighted by Crippen LogP contribution is 2.38. The average molecular weight is 241 g/mol. The van der Waals surface area contributed by atoms with Crippen molar-refractivity contribution >= 4 is 0 Å². The van der Waals surface area contributed by atoms with Crippen LogP contribution in [0.25, 0.3) is 0 Å². The van der Waals surface area contributed by atoms with Gasteiger partial charge in [0, 0.05) is 25.7 Å². The van der Waals surface area contributed by atoms with Crippen molar-refractivity contribution in [1.82, 2.24) is 5.32 Å². The molecule has 1 spiro atoms. The third kappa shape index (κ3) is 3.21. The second-order valence-corrected chi connectivity index (χ2v) is 5.89. The highest BCUT2D eigenvalue weighted by molar-refractivity contribution is 4.94. The Morgan fingerprint density at radius 2 is 2.12 bits per heavy atom. The van der Waals surface area contributed by atoms with Gasteiger partial charge in [-0.05, 0) is 31.7 Å². The fourth-order valence-electron chi connectivity index (χ4n) is 3.16. The molecular formula is C14H27NO2. The fraction of sp³-hybridized carbons (Fsp3) is 1.00. The van der Waals surface area contributed by atoms with Crippen molar-refractivity contribution < 1.29 is 9.47 Å². The van der Waals surface area contributed by atoms with Gasteiger partial charge in [0.15, 0.2) is 0 Å². The van der Waals surface area contributed by atoms with Crippen LogP contribution in [0.15, 0.2) is 0 Å². The van der Waals surface area contributed by atoms with Crippen molar-refractivity contribution in [1.29, 1.82) is 0 Å². The molecule has 17 heavy (non-hydrogen) atoms. The van der Waals surface area contributed by atoms with Gasteiger partial charge in [0.25, 0.3) is 0 Å². The lowest BCUT2D eigenvalue weighted by atomic mass is 9.79. The van der Waals surface area contributed by atoms with Gasteiger partial charge < -0.3 is 14.8 Å². The lowest BCUT2D eigenvalue weighted by molar-refractivity contribution is -0.170. The van der Waals surface area contributed by atoms with Gasteiger partial charge in [-0.25, -0.2) is 0 Å². The molecule has 2 heterocycles. The largest absolute Gasteiger partial charge is 0.378 e. The van der Waals surface area contributed by atoms with E-state index in [4.69, 9.17) is 9.47 Å². The number of hydrogen-bond donors (Lipinski definition) is 1. The summed E-state index contributed by atoms with van der Waals surface area (Å²) in [6.45, 7) is 9.50. The van der Waals surface area contributed by atoms with E-state index < -0.39 is 0 Å². The van der Waals surface area contributed by atoms with Gasteiger partial charge >= 0.3 is 0 Å². The molecule has 0 amide bonds. The summed E-state index contributed by atoms with van der Waals surface area (Å²) in [6, 6.07) is 0.639. The van der Waals surface area contributed by atoms with Crippen molar-refractivity contribution in [3.63, 3.8) is 0 Å². The first-order chi connectivity index (χ1) is 8.15. The molecule has 0 bridgehead atoms. The van der Waals surface area contributed by atoms with Crippen molar-refractivity contribution in [2.75, 3.05) is 19.8 Å². The van der Waals surface area contributed by atoms with Gasteiger partial charge in [0.1, 0.15) is 0 Å². The van der Waals surface area contributed by atoms with Crippen LogP contribution in [0.3, 0.4) is 0 Å². The van der Waals surface area contributed by atoms with Crippen LogP contribution in [-0.2, 0) is 9.47 Å². The van der Waals surface area contributed by atoms with Gasteiger partial charge in [-0.3, -0.25) is 0 Å². The number of nitrogens with one attached hydrogen (secondary N) is 1. The molecule has 2 saturated heterocycles. The standard InChI is InChI=1S/C14H27NO2/c1-4-15-12-5-7-17-14(9-12)6-8-16-13(10-14)11(2)3/h11-13,15H,4-10H2,1-3H3. The van der Waals surface area contributed by atoms with Crippen LogP contribution in [-0.4, -0.2) is 37.5 Å². The maximum Gasteiger partial charge on any atom is 0.0744 e. The monoisotopic (exact) mass is 241 g/mol. The molecule has 0 aromatic carbocycles. The van der Waals surface area contributed by atoms with Crippen molar-refractivity contribution in [3.8, 4) is 0 Å². The Hall–Kier alpha value is -0.120. The maximum atomic E-state index is 6.14. The van der Waals surface area contributed by atoms with Gasteiger partial charge in [-0.1, -0.05) is 20.8 Å². The molecule has 100 valence electrons. The van der Waals surface area contributed by atoms with Gasteiger partial charge in [0.2, 0.25) is 0 Å². The first-order valence-corrected chi connectivity index (χ1v) is 7.14. The van der Waals surface area contributed by atoms with E-state index in [9.17, 15) is 0 Å². The molecule has 3 nitrogen and oxygen atoms in total. The first-order valence-electron chi connectivity index (χ1n) is 7.14. The van der Waals surface area contributed by atoms with E-state index in [1.54, 1.807) is 0 Å². The van der Waals surface area contributed by atoms with E-state index >= 15 is 0 Å². The van der Waals surface area contributed by atoms with Crippen LogP contribution in [0.5, 0.6) is 0 Å². The third-order valence-corrected chi connectivity index (χ3v) is 4.19. The summed E-state index contributed by atoms with van der Waals surface area (Å²) in [6.07, 6.45) is 4.84. The van der Waals surface area contributed by atoms with Crippen LogP contribution in [0, 0.1) is 5.92 Å². The highest BCUT2D eigenvalue weighted by Gasteiger charge is 2.42. The van der Waals surface area contributed by atoms with Crippen LogP contribution in [0.4, 0.5) is 0 Å². The van der Waals surface area contributed by atoms with E-state index in [2.05, 4.69) is 26.1 Å². The summed E-state index contributed by atoms with van der Waals surface area (Å²) in [5.41, 5.74) is 0.0955. The lowest BCUT2D eigenvalue weighted by Gasteiger charge is -2.46. The zero-order valence-corrected chi connectivity index (χ0v) is 11.5. The van der Waals surface area contributed by atoms with Gasteiger partial charge in [0.05, 0.1) is 11.7 Å². The second kappa shape index (κ2) is 5.68. The number of ether oxygens (including phenoxy) is 2. The Balaban J connectivity index is 1.97. The predicted molar refractivity (Wildman–Crippen MR) is 69.2 cm³/mol. The molecule has 3 unspecified atom stereocenters. The Morgan fingerprint density at radius 1 is 1.29 bits per heavy atom. The molecule has 0 saturated carbocycles. The summed E-state index contributed by atoms with van der Waals surface area (Å²) in [7, 11) is 0. The third-order valence-electron chi connectivity index (χ3n) is 4.19. The van der Waals surface area contributed by atoms with E-state index in [1.165, 1.54) is 0 Å². The molecule has 0 aliphatic carbocycles. The number of hydrogen-bond acceptors (Lipinski definition) is 3. The summed E-state index contributed by atoms with van der Waals surface area (Å²) in [4.78, 5) is 0. The normalized spacial score (nSPS) is 38.8. The molecule has 0 aromatic rings. The molecule has 0 radical (unpaired) electrons. The molecule has 2 rings (SSSR count). The molecule has 2 aliphatic rings. The van der Waals surface area contributed by atoms with E-state index in [-0.39, 0.29) is 5.60 Å². The molecular weight excluding hydrogens is 214 g/mol. The minimum Gasteiger partial charge on any atom is -0.378 e. The van der Waals surface area contributed by atoms with Crippen molar-refractivity contribution in [3.05, 3.63) is 0 Å².